The van der Waals surface area contributed by atoms with Gasteiger partial charge in [0.25, 0.3) is 0 Å². The van der Waals surface area contributed by atoms with Crippen LogP contribution in [0.25, 0.3) is 0 Å². The Morgan fingerprint density at radius 1 is 1.28 bits per heavy atom. The Kier molecular flexibility index (Phi) is 4.61. The number of hydrogen-bond acceptors (Lipinski definition) is 3. The number of urea groups is 1. The van der Waals surface area contributed by atoms with Crippen LogP contribution in [0.4, 0.5) is 9.18 Å². The highest BCUT2D eigenvalue weighted by atomic mass is 19.1. The zero-order chi connectivity index (χ0) is 18.1. The van der Waals surface area contributed by atoms with Gasteiger partial charge in [-0.3, -0.25) is 9.59 Å². The molecule has 134 valence electrons. The van der Waals surface area contributed by atoms with E-state index in [1.807, 2.05) is 6.07 Å². The molecule has 2 aliphatic rings. The molecule has 25 heavy (non-hydrogen) atoms. The number of carbonyl (C=O) groups excluding carboxylic acids is 3. The van der Waals surface area contributed by atoms with E-state index >= 15 is 0 Å². The summed E-state index contributed by atoms with van der Waals surface area (Å²) in [6.45, 7) is 2.88. The Labute approximate surface area is 144 Å². The van der Waals surface area contributed by atoms with Gasteiger partial charge in [-0.15, -0.1) is 0 Å². The average Bonchev–Trinajstić information content (AvgIpc) is 3.10. The Bertz CT molecular complexity index is 711. The van der Waals surface area contributed by atoms with Gasteiger partial charge in [0.2, 0.25) is 11.8 Å². The molecule has 0 spiro atoms. The second-order valence-electron chi connectivity index (χ2n) is 6.61. The van der Waals surface area contributed by atoms with Crippen molar-refractivity contribution in [2.24, 2.45) is 17.6 Å². The number of benzene rings is 1. The van der Waals surface area contributed by atoms with Gasteiger partial charge in [-0.2, -0.15) is 0 Å². The van der Waals surface area contributed by atoms with Crippen LogP contribution in [0, 0.1) is 17.7 Å². The summed E-state index contributed by atoms with van der Waals surface area (Å²) < 4.78 is 13.7. The van der Waals surface area contributed by atoms with Gasteiger partial charge in [0, 0.05) is 38.4 Å². The molecule has 7 nitrogen and oxygen atoms in total. The van der Waals surface area contributed by atoms with E-state index in [9.17, 15) is 18.8 Å². The fourth-order valence-electron chi connectivity index (χ4n) is 3.96. The predicted molar refractivity (Wildman–Crippen MR) is 87.7 cm³/mol. The van der Waals surface area contributed by atoms with E-state index in [4.69, 9.17) is 5.73 Å². The van der Waals surface area contributed by atoms with Gasteiger partial charge in [0.1, 0.15) is 5.82 Å². The molecule has 1 aromatic carbocycles. The van der Waals surface area contributed by atoms with E-state index in [2.05, 4.69) is 5.32 Å². The molecular formula is C17H21FN4O3. The van der Waals surface area contributed by atoms with Crippen LogP contribution in [0.2, 0.25) is 0 Å². The standard InChI is InChI=1S/C17H21FN4O3/c1-10(23)22-8-12-7-21(15(24)6-20-17(19)25)9-14(12)16(22)11-3-2-4-13(18)5-11/h2-5,12,14,16H,6-9H2,1H3,(H3,19,20,25)/t12-,14-,16+/m1/s1. The number of likely N-dealkylation sites (tertiary alicyclic amines) is 2. The number of rotatable bonds is 3. The minimum Gasteiger partial charge on any atom is -0.352 e. The topological polar surface area (TPSA) is 95.7 Å². The second-order valence-corrected chi connectivity index (χ2v) is 6.61. The van der Waals surface area contributed by atoms with Crippen LogP contribution in [-0.4, -0.2) is 53.8 Å². The number of carbonyl (C=O) groups is 3. The van der Waals surface area contributed by atoms with Crippen LogP contribution in [0.1, 0.15) is 18.5 Å². The van der Waals surface area contributed by atoms with Crippen molar-refractivity contribution in [3.8, 4) is 0 Å². The molecule has 2 heterocycles. The molecule has 2 fully saturated rings. The molecule has 0 bridgehead atoms. The first-order valence-corrected chi connectivity index (χ1v) is 8.20. The van der Waals surface area contributed by atoms with Gasteiger partial charge < -0.3 is 20.9 Å². The molecular weight excluding hydrogens is 327 g/mol. The van der Waals surface area contributed by atoms with Gasteiger partial charge >= 0.3 is 6.03 Å². The van der Waals surface area contributed by atoms with E-state index in [1.54, 1.807) is 15.9 Å². The highest BCUT2D eigenvalue weighted by molar-refractivity contribution is 5.83. The zero-order valence-electron chi connectivity index (χ0n) is 13.9. The maximum absolute atomic E-state index is 13.7. The highest BCUT2D eigenvalue weighted by Crippen LogP contribution is 2.45. The van der Waals surface area contributed by atoms with Crippen LogP contribution >= 0.6 is 0 Å². The Morgan fingerprint density at radius 3 is 2.68 bits per heavy atom. The molecule has 3 atom stereocenters. The first-order chi connectivity index (χ1) is 11.9. The summed E-state index contributed by atoms with van der Waals surface area (Å²) in [6, 6.07) is 5.26. The molecule has 2 saturated heterocycles. The van der Waals surface area contributed by atoms with Crippen molar-refractivity contribution < 1.29 is 18.8 Å². The minimum atomic E-state index is -0.742. The predicted octanol–water partition coefficient (Wildman–Crippen LogP) is 0.472. The monoisotopic (exact) mass is 348 g/mol. The van der Waals surface area contributed by atoms with E-state index in [-0.39, 0.29) is 42.1 Å². The average molecular weight is 348 g/mol. The van der Waals surface area contributed by atoms with Crippen molar-refractivity contribution in [2.45, 2.75) is 13.0 Å². The van der Waals surface area contributed by atoms with E-state index in [0.29, 0.717) is 19.6 Å². The molecule has 0 saturated carbocycles. The lowest BCUT2D eigenvalue weighted by atomic mass is 9.89. The fourth-order valence-corrected chi connectivity index (χ4v) is 3.96. The van der Waals surface area contributed by atoms with E-state index in [1.165, 1.54) is 19.1 Å². The van der Waals surface area contributed by atoms with Crippen LogP contribution in [-0.2, 0) is 9.59 Å². The maximum Gasteiger partial charge on any atom is 0.312 e. The number of nitrogens with zero attached hydrogens (tertiary/aromatic N) is 2. The van der Waals surface area contributed by atoms with Crippen molar-refractivity contribution in [3.05, 3.63) is 35.6 Å². The highest BCUT2D eigenvalue weighted by Gasteiger charge is 2.49. The summed E-state index contributed by atoms with van der Waals surface area (Å²) in [5.74, 6) is -0.434. The lowest BCUT2D eigenvalue weighted by Crippen LogP contribution is -2.42. The smallest absolute Gasteiger partial charge is 0.312 e. The summed E-state index contributed by atoms with van der Waals surface area (Å²) in [4.78, 5) is 38.4. The van der Waals surface area contributed by atoms with Crippen molar-refractivity contribution in [2.75, 3.05) is 26.2 Å². The summed E-state index contributed by atoms with van der Waals surface area (Å²) in [5.41, 5.74) is 5.74. The number of nitrogens with two attached hydrogens (primary N) is 1. The lowest BCUT2D eigenvalue weighted by molar-refractivity contribution is -0.131. The lowest BCUT2D eigenvalue weighted by Gasteiger charge is -2.29. The molecule has 0 unspecified atom stereocenters. The number of nitrogens with one attached hydrogen (secondary N) is 1. The van der Waals surface area contributed by atoms with E-state index in [0.717, 1.165) is 5.56 Å². The molecule has 3 N–H and O–H groups in total. The second kappa shape index (κ2) is 6.70. The van der Waals surface area contributed by atoms with Gasteiger partial charge in [-0.25, -0.2) is 9.18 Å². The third-order valence-corrected chi connectivity index (χ3v) is 5.03. The maximum atomic E-state index is 13.7. The summed E-state index contributed by atoms with van der Waals surface area (Å²) >= 11 is 0. The number of amides is 4. The van der Waals surface area contributed by atoms with Crippen LogP contribution in [0.15, 0.2) is 24.3 Å². The first kappa shape index (κ1) is 17.2. The van der Waals surface area contributed by atoms with Gasteiger partial charge in [0.05, 0.1) is 12.6 Å². The quantitative estimate of drug-likeness (QED) is 0.831. The summed E-state index contributed by atoms with van der Waals surface area (Å²) in [7, 11) is 0. The van der Waals surface area contributed by atoms with Gasteiger partial charge in [-0.05, 0) is 17.7 Å². The van der Waals surface area contributed by atoms with Gasteiger partial charge in [-0.1, -0.05) is 12.1 Å². The SMILES string of the molecule is CC(=O)N1C[C@H]2CN(C(=O)CNC(N)=O)C[C@H]2[C@@H]1c1cccc(F)c1. The molecule has 2 aliphatic heterocycles. The largest absolute Gasteiger partial charge is 0.352 e. The Hall–Kier alpha value is -2.64. The third kappa shape index (κ3) is 3.42. The Balaban J connectivity index is 1.78. The van der Waals surface area contributed by atoms with Crippen molar-refractivity contribution in [1.82, 2.24) is 15.1 Å². The van der Waals surface area contributed by atoms with Crippen LogP contribution < -0.4 is 11.1 Å². The summed E-state index contributed by atoms with van der Waals surface area (Å²) in [5, 5.41) is 2.30. The number of hydrogen-bond donors (Lipinski definition) is 2. The van der Waals surface area contributed by atoms with Gasteiger partial charge in [0.15, 0.2) is 0 Å². The number of fused-ring (bicyclic) bond motifs is 1. The molecule has 0 aliphatic carbocycles. The van der Waals surface area contributed by atoms with E-state index < -0.39 is 6.03 Å². The van der Waals surface area contributed by atoms with Crippen LogP contribution in [0.3, 0.4) is 0 Å². The molecule has 1 aromatic rings. The van der Waals surface area contributed by atoms with Crippen LogP contribution in [0.5, 0.6) is 0 Å². The normalized spacial score (nSPS) is 25.0. The Morgan fingerprint density at radius 2 is 2.04 bits per heavy atom. The molecule has 4 amide bonds. The number of primary amides is 1. The molecule has 8 heteroatoms. The molecule has 0 radical (unpaired) electrons. The van der Waals surface area contributed by atoms with Crippen molar-refractivity contribution in [1.29, 1.82) is 0 Å². The van der Waals surface area contributed by atoms with Crippen molar-refractivity contribution in [3.63, 3.8) is 0 Å². The third-order valence-electron chi connectivity index (χ3n) is 5.03. The fraction of sp³-hybridized carbons (Fsp3) is 0.471. The van der Waals surface area contributed by atoms with Crippen molar-refractivity contribution >= 4 is 17.8 Å². The minimum absolute atomic E-state index is 0.0447. The number of halogens is 1. The summed E-state index contributed by atoms with van der Waals surface area (Å²) in [6.07, 6.45) is 0. The first-order valence-electron chi connectivity index (χ1n) is 8.20. The zero-order valence-corrected chi connectivity index (χ0v) is 13.9. The molecule has 3 rings (SSSR count). The molecule has 0 aromatic heterocycles.